The Morgan fingerprint density at radius 1 is 0.336 bits per heavy atom. The Bertz CT molecular complexity index is 4220. The number of ether oxygens (including phenoxy) is 8. The third-order valence-corrected chi connectivity index (χ3v) is 16.4. The predicted octanol–water partition coefficient (Wildman–Crippen LogP) is 15.8. The molecule has 2 aliphatic rings. The van der Waals surface area contributed by atoms with Crippen molar-refractivity contribution >= 4 is 71.6 Å². The van der Waals surface area contributed by atoms with E-state index in [9.17, 15) is 52.7 Å². The molecule has 0 spiro atoms. The molecule has 0 aliphatic carbocycles. The normalized spacial score (nSPS) is 11.9. The van der Waals surface area contributed by atoms with Gasteiger partial charge in [0.25, 0.3) is 5.97 Å². The number of allylic oxidation sites excluding steroid dienone is 4. The molecule has 2 aliphatic heterocycles. The van der Waals surface area contributed by atoms with Crippen LogP contribution >= 0.6 is 0 Å². The molecule has 0 saturated heterocycles. The minimum absolute atomic E-state index is 0. The fourth-order valence-electron chi connectivity index (χ4n) is 12.0. The summed E-state index contributed by atoms with van der Waals surface area (Å²) in [5.41, 5.74) is 12.8. The monoisotopic (exact) mass is 1600 g/mol. The number of nitrogens with one attached hydrogen (secondary N) is 2. The van der Waals surface area contributed by atoms with E-state index in [1.54, 1.807) is 95.2 Å². The number of Topliss-reactive ketones (excluding diaryl/α,β-unsaturated/α-hetero) is 2. The van der Waals surface area contributed by atoms with Gasteiger partial charge in [0.2, 0.25) is 0 Å². The fourth-order valence-corrected chi connectivity index (χ4v) is 12.0. The summed E-state index contributed by atoms with van der Waals surface area (Å²) in [5, 5.41) is 13.6. The molecular weight excluding hydrogens is 1490 g/mol. The Morgan fingerprint density at radius 3 is 0.716 bits per heavy atom. The van der Waals surface area contributed by atoms with Gasteiger partial charge in [-0.1, -0.05) is 152 Å². The van der Waals surface area contributed by atoms with Crippen LogP contribution in [0.1, 0.15) is 208 Å². The van der Waals surface area contributed by atoms with Crippen LogP contribution in [0.5, 0.6) is 0 Å². The van der Waals surface area contributed by atoms with Gasteiger partial charge < -0.3 is 59.8 Å². The number of hydrogen-bond donors (Lipinski definition) is 4. The van der Waals surface area contributed by atoms with Gasteiger partial charge in [0, 0.05) is 46.4 Å². The zero-order valence-electron chi connectivity index (χ0n) is 69.7. The number of carbonyl (C=O) groups excluding carboxylic acids is 11. The van der Waals surface area contributed by atoms with Crippen LogP contribution in [0.2, 0.25) is 0 Å². The lowest BCUT2D eigenvalue weighted by Crippen LogP contribution is -2.32. The summed E-state index contributed by atoms with van der Waals surface area (Å²) >= 11 is 0. The quantitative estimate of drug-likeness (QED) is 0.0200. The van der Waals surface area contributed by atoms with E-state index in [0.29, 0.717) is 101 Å². The molecule has 0 fully saturated rings. The summed E-state index contributed by atoms with van der Waals surface area (Å²) in [6.45, 7) is 34.2. The topological polar surface area (TPSA) is 384 Å². The molecule has 620 valence electrons. The number of esters is 8. The molecule has 0 radical (unpaired) electrons. The number of rotatable bonds is 23. The van der Waals surface area contributed by atoms with E-state index >= 15 is 0 Å². The van der Waals surface area contributed by atoms with Crippen LogP contribution in [0.15, 0.2) is 197 Å². The molecule has 0 atom stereocenters. The van der Waals surface area contributed by atoms with Gasteiger partial charge in [0.15, 0.2) is 0 Å². The largest absolute Gasteiger partial charge is 0.481 e. The molecule has 116 heavy (non-hydrogen) atoms. The second-order valence-electron chi connectivity index (χ2n) is 25.0. The molecule has 4 heterocycles. The number of nitrogens with zero attached hydrogens (tertiary/aromatic N) is 2. The molecular formula is C90H109N5O21. The number of hydrogen-bond acceptors (Lipinski definition) is 25. The lowest BCUT2D eigenvalue weighted by Gasteiger charge is -2.30. The maximum atomic E-state index is 12.5. The number of ketones is 2. The maximum Gasteiger partial charge on any atom is 0.340 e. The number of benzene rings is 5. The van der Waals surface area contributed by atoms with Crippen molar-refractivity contribution in [2.45, 2.75) is 150 Å². The summed E-state index contributed by atoms with van der Waals surface area (Å²) in [6, 6.07) is 46.5. The number of pyridine rings is 2. The molecule has 2 aromatic heterocycles. The zero-order valence-corrected chi connectivity index (χ0v) is 69.7. The maximum absolute atomic E-state index is 12.5. The SMILES string of the molecule is CC(=O)CC(C)=O.CC(=O)O.CCOC(=O)C1=C(C)NC(C)=C(C(=O)OCC)C1c1ccccc1.CCOC(=O)C1=C(C)NC(C)=C(C(=O)OCC)C1c1ccccc1.CCOC(=O)c1c(C)nc(C)c(C(=O)OCC)c1-c1ccccc1.CCOC(=O)c1c(C)nc(C)c(C(=O)OCC)c1-c1ccccc1.N.O=Cc1ccccc1. The first kappa shape index (κ1) is 99.2. The summed E-state index contributed by atoms with van der Waals surface area (Å²) in [6.07, 6.45) is 0.917. The van der Waals surface area contributed by atoms with Crippen molar-refractivity contribution in [3.05, 3.63) is 258 Å². The van der Waals surface area contributed by atoms with E-state index in [1.165, 1.54) is 13.8 Å². The number of aromatic nitrogens is 2. The van der Waals surface area contributed by atoms with Crippen molar-refractivity contribution in [1.29, 1.82) is 0 Å². The van der Waals surface area contributed by atoms with Crippen molar-refractivity contribution in [3.63, 3.8) is 0 Å². The van der Waals surface area contributed by atoms with Gasteiger partial charge in [-0.2, -0.15) is 0 Å². The second-order valence-corrected chi connectivity index (χ2v) is 25.0. The number of carbonyl (C=O) groups is 12. The highest BCUT2D eigenvalue weighted by Crippen LogP contribution is 2.42. The molecule has 0 saturated carbocycles. The molecule has 5 aromatic carbocycles. The Hall–Kier alpha value is -12.8. The molecule has 26 nitrogen and oxygen atoms in total. The van der Waals surface area contributed by atoms with Gasteiger partial charge in [-0.15, -0.1) is 0 Å². The molecule has 26 heteroatoms. The van der Waals surface area contributed by atoms with Crippen molar-refractivity contribution in [3.8, 4) is 22.3 Å². The molecule has 0 amide bonds. The number of carboxylic acid groups (broad SMARTS) is 1. The van der Waals surface area contributed by atoms with Gasteiger partial charge in [0.1, 0.15) is 17.9 Å². The highest BCUT2D eigenvalue weighted by molar-refractivity contribution is 6.09. The van der Waals surface area contributed by atoms with E-state index in [0.717, 1.165) is 41.0 Å². The first-order valence-electron chi connectivity index (χ1n) is 37.5. The van der Waals surface area contributed by atoms with Crippen molar-refractivity contribution in [2.24, 2.45) is 0 Å². The molecule has 0 unspecified atom stereocenters. The summed E-state index contributed by atoms with van der Waals surface area (Å²) in [7, 11) is 0. The van der Waals surface area contributed by atoms with Gasteiger partial charge >= 0.3 is 47.8 Å². The molecule has 0 bridgehead atoms. The van der Waals surface area contributed by atoms with Crippen LogP contribution in [0, 0.1) is 27.7 Å². The number of carboxylic acids is 1. The van der Waals surface area contributed by atoms with Crippen molar-refractivity contribution in [2.75, 3.05) is 52.9 Å². The summed E-state index contributed by atoms with van der Waals surface area (Å²) < 4.78 is 41.6. The van der Waals surface area contributed by atoms with Crippen LogP contribution in [0.3, 0.4) is 0 Å². The second kappa shape index (κ2) is 51.7. The Morgan fingerprint density at radius 2 is 0.534 bits per heavy atom. The lowest BCUT2D eigenvalue weighted by molar-refractivity contribution is -0.141. The minimum Gasteiger partial charge on any atom is -0.481 e. The predicted molar refractivity (Wildman–Crippen MR) is 440 cm³/mol. The lowest BCUT2D eigenvalue weighted by atomic mass is 9.80. The van der Waals surface area contributed by atoms with Crippen molar-refractivity contribution < 1.29 is 101 Å². The smallest absolute Gasteiger partial charge is 0.340 e. The Labute approximate surface area is 679 Å². The summed E-state index contributed by atoms with van der Waals surface area (Å²) in [5.74, 6) is -5.65. The Kier molecular flexibility index (Phi) is 44.3. The highest BCUT2D eigenvalue weighted by Gasteiger charge is 2.40. The first-order chi connectivity index (χ1) is 54.8. The zero-order chi connectivity index (χ0) is 86.0. The number of aldehydes is 1. The molecule has 6 N–H and O–H groups in total. The number of aryl methyl sites for hydroxylation is 4. The average molecular weight is 1600 g/mol. The van der Waals surface area contributed by atoms with Crippen LogP contribution in [0.25, 0.3) is 22.3 Å². The van der Waals surface area contributed by atoms with Gasteiger partial charge in [0.05, 0.1) is 138 Å². The third-order valence-electron chi connectivity index (χ3n) is 16.4. The van der Waals surface area contributed by atoms with Crippen molar-refractivity contribution in [1.82, 2.24) is 26.8 Å². The number of dihydropyridines is 2. The highest BCUT2D eigenvalue weighted by atomic mass is 16.6. The molecule has 7 aromatic rings. The first-order valence-corrected chi connectivity index (χ1v) is 37.5. The van der Waals surface area contributed by atoms with E-state index in [-0.39, 0.29) is 77.0 Å². The summed E-state index contributed by atoms with van der Waals surface area (Å²) in [4.78, 5) is 148. The van der Waals surface area contributed by atoms with Gasteiger partial charge in [-0.3, -0.25) is 29.1 Å². The molecule has 9 rings (SSSR count). The van der Waals surface area contributed by atoms with Crippen LogP contribution < -0.4 is 16.8 Å². The Balaban J connectivity index is 0.000000485. The fraction of sp³-hybridized carbons (Fsp3) is 0.333. The van der Waals surface area contributed by atoms with E-state index in [2.05, 4.69) is 20.6 Å². The van der Waals surface area contributed by atoms with Gasteiger partial charge in [-0.25, -0.2) is 38.4 Å². The van der Waals surface area contributed by atoms with Crippen LogP contribution in [0.4, 0.5) is 0 Å². The van der Waals surface area contributed by atoms with Crippen LogP contribution in [-0.2, 0) is 71.5 Å². The van der Waals surface area contributed by atoms with Gasteiger partial charge in [-0.05, 0) is 147 Å². The van der Waals surface area contributed by atoms with E-state index in [4.69, 9.17) is 47.8 Å². The minimum atomic E-state index is -0.833. The van der Waals surface area contributed by atoms with Crippen LogP contribution in [-0.4, -0.2) is 140 Å². The standard InChI is InChI=1S/2C19H23NO4.2C19H21NO4.C7H6O.C5H8O2.C2H4O2.H3N/c4*1-5-23-18(21)15-12(3)20-13(4)16(19(22)24-6-2)17(15)14-10-8-7-9-11-14;8-6-7-4-2-1-3-5-7;1-4(6)3-5(2)7;1-2(3)4;/h2*7-11,17,20H,5-6H2,1-4H3;2*7-11H,5-6H2,1-4H3;1-6H;3H2,1-2H3;1H3,(H,3,4);1H3. The van der Waals surface area contributed by atoms with E-state index < -0.39 is 65.6 Å². The van der Waals surface area contributed by atoms with E-state index in [1.807, 2.05) is 167 Å². The third kappa shape index (κ3) is 29.6. The average Bonchev–Trinajstić information content (AvgIpc) is 0.789. The number of aliphatic carboxylic acids is 1.